The SMILES string of the molecule is CC1(C(COC(=O)C2CCCC(OCOCC(COC(=O)C3CCCCC3C(=O)OCC(=O)OC3C4CC5C(=O)OC3C5C4)(COC(=O)C3CCCCC3C(=O)OCC(OO)C3(C)C4CC5CC(C4)CC3C5)COC(=O)C3CCCCC3C(=O)OCC(OO)C3(C)C4CC5CC(C4)CC3C5)C2)OO)C2CC3CC(C2)CC1C3. The lowest BCUT2D eigenvalue weighted by molar-refractivity contribution is -0.333. The van der Waals surface area contributed by atoms with Crippen LogP contribution in [0.1, 0.15) is 233 Å². The monoisotopic (exact) mass is 1570 g/mol. The van der Waals surface area contributed by atoms with Crippen LogP contribution in [0.2, 0.25) is 0 Å². The zero-order valence-electron chi connectivity index (χ0n) is 66.1. The van der Waals surface area contributed by atoms with E-state index in [4.69, 9.17) is 66.8 Å². The Labute approximate surface area is 657 Å². The molecule has 19 rings (SSSR count). The Balaban J connectivity index is 0.623. The Kier molecular flexibility index (Phi) is 24.3. The second-order valence-corrected chi connectivity index (χ2v) is 39.6. The van der Waals surface area contributed by atoms with Gasteiger partial charge in [-0.3, -0.25) is 54.1 Å². The van der Waals surface area contributed by atoms with Crippen molar-refractivity contribution < 1.29 is 126 Å². The van der Waals surface area contributed by atoms with Crippen molar-refractivity contribution in [3.8, 4) is 0 Å². The molecule has 624 valence electrons. The summed E-state index contributed by atoms with van der Waals surface area (Å²) in [5, 5.41) is 31.5. The van der Waals surface area contributed by atoms with Gasteiger partial charge >= 0.3 is 53.7 Å². The minimum Gasteiger partial charge on any atom is -0.464 e. The number of carbonyl (C=O) groups excluding carboxylic acids is 9. The zero-order chi connectivity index (χ0) is 78.0. The second-order valence-electron chi connectivity index (χ2n) is 39.6. The summed E-state index contributed by atoms with van der Waals surface area (Å²) < 4.78 is 67.3. The van der Waals surface area contributed by atoms with Crippen LogP contribution >= 0.6 is 0 Å². The normalized spacial score (nSPS) is 42.8. The van der Waals surface area contributed by atoms with Gasteiger partial charge in [-0.2, -0.15) is 0 Å². The molecule has 26 heteroatoms. The molecule has 16 atom stereocenters. The summed E-state index contributed by atoms with van der Waals surface area (Å²) in [4.78, 5) is 144. The summed E-state index contributed by atoms with van der Waals surface area (Å²) in [5.41, 5.74) is -2.93. The van der Waals surface area contributed by atoms with E-state index in [9.17, 15) is 49.3 Å². The van der Waals surface area contributed by atoms with Crippen LogP contribution in [0.5, 0.6) is 0 Å². The summed E-state index contributed by atoms with van der Waals surface area (Å²) >= 11 is 0. The molecule has 1 saturated heterocycles. The van der Waals surface area contributed by atoms with Crippen molar-refractivity contribution in [2.45, 2.75) is 269 Å². The van der Waals surface area contributed by atoms with Crippen LogP contribution in [0.25, 0.3) is 0 Å². The summed E-state index contributed by atoms with van der Waals surface area (Å²) in [6.07, 6.45) is 20.8. The van der Waals surface area contributed by atoms with Crippen LogP contribution in [0.4, 0.5) is 0 Å². The van der Waals surface area contributed by atoms with Crippen molar-refractivity contribution in [3.63, 3.8) is 0 Å². The second kappa shape index (κ2) is 33.7. The lowest BCUT2D eigenvalue weighted by Crippen LogP contribution is -2.58. The van der Waals surface area contributed by atoms with Gasteiger partial charge in [-0.25, -0.2) is 19.5 Å². The minimum absolute atomic E-state index is 0.0211. The van der Waals surface area contributed by atoms with Gasteiger partial charge in [0, 0.05) is 28.1 Å². The van der Waals surface area contributed by atoms with Crippen molar-refractivity contribution in [1.82, 2.24) is 0 Å². The topological polar surface area (TPSA) is 344 Å². The van der Waals surface area contributed by atoms with Crippen LogP contribution < -0.4 is 0 Å². The first-order valence-corrected chi connectivity index (χ1v) is 43.7. The third-order valence-corrected chi connectivity index (χ3v) is 33.7. The molecule has 1 aliphatic heterocycles. The van der Waals surface area contributed by atoms with Crippen LogP contribution in [0.15, 0.2) is 0 Å². The molecular formula is C86H124O26. The van der Waals surface area contributed by atoms with Crippen molar-refractivity contribution in [2.75, 3.05) is 59.6 Å². The molecule has 0 radical (unpaired) electrons. The first kappa shape index (κ1) is 80.7. The van der Waals surface area contributed by atoms with Crippen LogP contribution in [-0.2, 0) is 110 Å². The largest absolute Gasteiger partial charge is 0.464 e. The number of carbonyl (C=O) groups is 9. The molecule has 1 heterocycles. The first-order valence-electron chi connectivity index (χ1n) is 43.7. The fourth-order valence-corrected chi connectivity index (χ4v) is 27.7. The van der Waals surface area contributed by atoms with Crippen molar-refractivity contribution in [2.24, 2.45) is 152 Å². The molecule has 26 nitrogen and oxygen atoms in total. The zero-order valence-corrected chi connectivity index (χ0v) is 66.1. The van der Waals surface area contributed by atoms with E-state index in [0.29, 0.717) is 161 Å². The molecule has 0 aromatic heterocycles. The van der Waals surface area contributed by atoms with E-state index in [0.717, 1.165) is 77.0 Å². The standard InChI is InChI=1S/C86H124O26/c1-83(54-22-46-19-47(24-54)25-55(83)23-46)69(110-96)37-100-75(88)52-11-10-12-60(34-52)107-45-99-41-86(44-106-81(94)66-18-9-6-15-63(66)78(91)103-40-72(87)108-73-53-35-67-68(36-53)82(95)109-74(67)73,42-104-79(92)64-16-7-4-13-61(64)76(89)101-38-70(111-97)84(2)56-26-48-20-49(28-56)29-57(84)27-48)43-105-80(93)65-17-8-5-14-62(65)77(90)102-39-71(112-98)85(3)58-30-50-21-51(32-58)33-59(85)31-50/h46-71,73-74,96-98H,4-45H2,1-3H3. The van der Waals surface area contributed by atoms with E-state index >= 15 is 9.59 Å². The van der Waals surface area contributed by atoms with Gasteiger partial charge in [0.05, 0.1) is 65.5 Å². The lowest BCUT2D eigenvalue weighted by Gasteiger charge is -2.61. The average Bonchev–Trinajstić information content (AvgIpc) is 0.994. The number of fused-ring (bicyclic) bond motifs is 1. The number of esters is 9. The van der Waals surface area contributed by atoms with Crippen molar-refractivity contribution in [3.05, 3.63) is 0 Å². The number of ether oxygens (including phenoxy) is 11. The van der Waals surface area contributed by atoms with Crippen molar-refractivity contribution >= 4 is 53.7 Å². The summed E-state index contributed by atoms with van der Waals surface area (Å²) in [6.45, 7) is 2.54. The molecule has 112 heavy (non-hydrogen) atoms. The molecule has 19 aliphatic rings. The first-order chi connectivity index (χ1) is 54.0. The molecule has 14 bridgehead atoms. The highest BCUT2D eigenvalue weighted by Gasteiger charge is 2.65. The molecule has 19 fully saturated rings. The highest BCUT2D eigenvalue weighted by Crippen LogP contribution is 2.67. The van der Waals surface area contributed by atoms with Crippen LogP contribution in [-0.4, -0.2) is 166 Å². The maximum atomic E-state index is 15.1. The third kappa shape index (κ3) is 15.8. The van der Waals surface area contributed by atoms with E-state index in [-0.39, 0.29) is 74.6 Å². The highest BCUT2D eigenvalue weighted by atomic mass is 17.1. The predicted octanol–water partition coefficient (Wildman–Crippen LogP) is 12.2. The van der Waals surface area contributed by atoms with Gasteiger partial charge in [-0.15, -0.1) is 0 Å². The molecule has 18 aliphatic carbocycles. The molecule has 0 amide bonds. The molecule has 3 N–H and O–H groups in total. The highest BCUT2D eigenvalue weighted by molar-refractivity contribution is 5.85. The van der Waals surface area contributed by atoms with Crippen LogP contribution in [0.3, 0.4) is 0 Å². The van der Waals surface area contributed by atoms with Gasteiger partial charge in [-0.1, -0.05) is 65.7 Å². The Hall–Kier alpha value is -5.09. The smallest absolute Gasteiger partial charge is 0.344 e. The van der Waals surface area contributed by atoms with Crippen LogP contribution in [0, 0.1) is 152 Å². The van der Waals surface area contributed by atoms with Gasteiger partial charge in [0.25, 0.3) is 0 Å². The Bertz CT molecular complexity index is 3230. The van der Waals surface area contributed by atoms with Crippen molar-refractivity contribution in [1.29, 1.82) is 0 Å². The minimum atomic E-state index is -1.76. The fourth-order valence-electron chi connectivity index (χ4n) is 27.7. The Morgan fingerprint density at radius 2 is 0.768 bits per heavy atom. The Morgan fingerprint density at radius 1 is 0.411 bits per heavy atom. The van der Waals surface area contributed by atoms with E-state index in [1.165, 1.54) is 19.3 Å². The summed E-state index contributed by atoms with van der Waals surface area (Å²) in [7, 11) is 0. The van der Waals surface area contributed by atoms with E-state index in [1.54, 1.807) is 0 Å². The summed E-state index contributed by atoms with van der Waals surface area (Å²) in [6, 6.07) is 0. The van der Waals surface area contributed by atoms with Gasteiger partial charge in [0.1, 0.15) is 77.0 Å². The maximum absolute atomic E-state index is 15.1. The molecule has 0 aromatic carbocycles. The number of hydrogen-bond donors (Lipinski definition) is 3. The van der Waals surface area contributed by atoms with E-state index < -0.39 is 182 Å². The third-order valence-electron chi connectivity index (χ3n) is 33.7. The predicted molar refractivity (Wildman–Crippen MR) is 391 cm³/mol. The molecule has 0 spiro atoms. The summed E-state index contributed by atoms with van der Waals surface area (Å²) in [5.74, 6) is -6.81. The Morgan fingerprint density at radius 3 is 1.14 bits per heavy atom. The quantitative estimate of drug-likeness (QED) is 0.0137. The molecule has 0 aromatic rings. The average molecular weight is 1570 g/mol. The van der Waals surface area contributed by atoms with Gasteiger partial charge in [-0.05, 0) is 238 Å². The fraction of sp³-hybridized carbons (Fsp3) is 0.895. The molecular weight excluding hydrogens is 1450 g/mol. The van der Waals surface area contributed by atoms with E-state index in [1.807, 2.05) is 0 Å². The van der Waals surface area contributed by atoms with Gasteiger partial charge in [0.15, 0.2) is 6.61 Å². The lowest BCUT2D eigenvalue weighted by atomic mass is 9.44. The molecule has 18 saturated carbocycles. The number of hydrogen-bond acceptors (Lipinski definition) is 26. The molecule has 16 unspecified atom stereocenters. The maximum Gasteiger partial charge on any atom is 0.344 e. The van der Waals surface area contributed by atoms with Gasteiger partial charge < -0.3 is 52.1 Å². The number of rotatable bonds is 33. The van der Waals surface area contributed by atoms with E-state index in [2.05, 4.69) is 20.8 Å². The van der Waals surface area contributed by atoms with Gasteiger partial charge in [0.2, 0.25) is 0 Å².